The fourth-order valence-electron chi connectivity index (χ4n) is 2.25. The van der Waals surface area contributed by atoms with E-state index in [0.717, 1.165) is 0 Å². The number of benzene rings is 1. The van der Waals surface area contributed by atoms with Crippen LogP contribution in [0.3, 0.4) is 0 Å². The lowest BCUT2D eigenvalue weighted by atomic mass is 10.1. The van der Waals surface area contributed by atoms with Gasteiger partial charge < -0.3 is 10.0 Å². The Morgan fingerprint density at radius 2 is 1.90 bits per heavy atom. The van der Waals surface area contributed by atoms with Gasteiger partial charge in [-0.1, -0.05) is 29.3 Å². The van der Waals surface area contributed by atoms with Gasteiger partial charge in [0.15, 0.2) is 0 Å². The summed E-state index contributed by atoms with van der Waals surface area (Å²) in [5.41, 5.74) is 0.296. The zero-order valence-electron chi connectivity index (χ0n) is 10.7. The molecule has 8 heteroatoms. The van der Waals surface area contributed by atoms with Crippen molar-refractivity contribution in [2.24, 2.45) is 0 Å². The number of carbonyl (C=O) groups excluding carboxylic acids is 1. The minimum atomic E-state index is -3.21. The van der Waals surface area contributed by atoms with E-state index in [0.29, 0.717) is 10.5 Å². The second kappa shape index (κ2) is 5.77. The molecule has 2 rings (SSSR count). The molecule has 0 unspecified atom stereocenters. The minimum Gasteiger partial charge on any atom is -0.480 e. The highest BCUT2D eigenvalue weighted by Gasteiger charge is 2.50. The lowest BCUT2D eigenvalue weighted by molar-refractivity contribution is -0.148. The van der Waals surface area contributed by atoms with Gasteiger partial charge >= 0.3 is 5.97 Å². The van der Waals surface area contributed by atoms with E-state index in [1.54, 1.807) is 6.07 Å². The molecule has 0 bridgehead atoms. The second-order valence-corrected chi connectivity index (χ2v) is 5.63. The quantitative estimate of drug-likeness (QED) is 0.922. The van der Waals surface area contributed by atoms with Crippen LogP contribution in [0, 0.1) is 0 Å². The zero-order chi connectivity index (χ0) is 15.8. The molecule has 0 aromatic heterocycles. The molecule has 1 amide bonds. The number of likely N-dealkylation sites (tertiary alicyclic amines) is 1. The van der Waals surface area contributed by atoms with Crippen LogP contribution in [0.5, 0.6) is 0 Å². The molecule has 4 nitrogen and oxygen atoms in total. The first-order valence-corrected chi connectivity index (χ1v) is 6.80. The lowest BCUT2D eigenvalue weighted by Crippen LogP contribution is -2.41. The summed E-state index contributed by atoms with van der Waals surface area (Å²) in [5.74, 6) is -5.40. The van der Waals surface area contributed by atoms with Gasteiger partial charge in [0.2, 0.25) is 5.91 Å². The van der Waals surface area contributed by atoms with E-state index in [9.17, 15) is 18.4 Å². The number of nitrogens with zero attached hydrogens (tertiary/aromatic N) is 1. The molecule has 0 aliphatic carbocycles. The van der Waals surface area contributed by atoms with Crippen LogP contribution in [0.25, 0.3) is 0 Å². The Morgan fingerprint density at radius 3 is 2.43 bits per heavy atom. The zero-order valence-corrected chi connectivity index (χ0v) is 12.2. The average Bonchev–Trinajstić information content (AvgIpc) is 2.70. The number of halogens is 4. The topological polar surface area (TPSA) is 57.6 Å². The first-order valence-electron chi connectivity index (χ1n) is 6.04. The van der Waals surface area contributed by atoms with Gasteiger partial charge in [-0.15, -0.1) is 0 Å². The van der Waals surface area contributed by atoms with Crippen LogP contribution in [-0.4, -0.2) is 40.4 Å². The molecular weight excluding hydrogens is 327 g/mol. The summed E-state index contributed by atoms with van der Waals surface area (Å²) in [7, 11) is 0. The van der Waals surface area contributed by atoms with Crippen molar-refractivity contribution in [1.29, 1.82) is 0 Å². The monoisotopic (exact) mass is 337 g/mol. The van der Waals surface area contributed by atoms with E-state index >= 15 is 0 Å². The minimum absolute atomic E-state index is 0.230. The molecule has 1 atom stereocenters. The van der Waals surface area contributed by atoms with Crippen molar-refractivity contribution in [1.82, 2.24) is 4.90 Å². The van der Waals surface area contributed by atoms with Crippen molar-refractivity contribution >= 4 is 35.1 Å². The molecular formula is C13H11Cl2F2NO3. The summed E-state index contributed by atoms with van der Waals surface area (Å²) in [6.07, 6.45) is -1.21. The maximum atomic E-state index is 13.4. The van der Waals surface area contributed by atoms with Gasteiger partial charge in [-0.05, 0) is 17.7 Å². The molecule has 1 N–H and O–H groups in total. The third kappa shape index (κ3) is 3.44. The van der Waals surface area contributed by atoms with E-state index in [1.807, 2.05) is 0 Å². The van der Waals surface area contributed by atoms with Crippen molar-refractivity contribution in [3.05, 3.63) is 33.8 Å². The van der Waals surface area contributed by atoms with E-state index in [1.165, 1.54) is 12.1 Å². The third-order valence-corrected chi connectivity index (χ3v) is 3.97. The van der Waals surface area contributed by atoms with Gasteiger partial charge in [0.05, 0.1) is 13.0 Å². The van der Waals surface area contributed by atoms with Crippen LogP contribution in [0.15, 0.2) is 18.2 Å². The maximum absolute atomic E-state index is 13.4. The molecule has 1 aliphatic rings. The molecule has 21 heavy (non-hydrogen) atoms. The first-order chi connectivity index (χ1) is 9.71. The van der Waals surface area contributed by atoms with Gasteiger partial charge in [-0.2, -0.15) is 0 Å². The normalized spacial score (nSPS) is 20.6. The molecule has 0 saturated carbocycles. The largest absolute Gasteiger partial charge is 0.480 e. The molecule has 0 spiro atoms. The second-order valence-electron chi connectivity index (χ2n) is 4.81. The molecule has 114 valence electrons. The first kappa shape index (κ1) is 16.0. The average molecular weight is 338 g/mol. The fraction of sp³-hybridized carbons (Fsp3) is 0.385. The van der Waals surface area contributed by atoms with E-state index < -0.39 is 36.8 Å². The smallest absolute Gasteiger partial charge is 0.326 e. The van der Waals surface area contributed by atoms with E-state index in [-0.39, 0.29) is 16.5 Å². The van der Waals surface area contributed by atoms with Crippen LogP contribution in [-0.2, 0) is 16.0 Å². The molecule has 1 aromatic carbocycles. The number of carboxylic acids is 1. The van der Waals surface area contributed by atoms with Crippen molar-refractivity contribution in [3.8, 4) is 0 Å². The van der Waals surface area contributed by atoms with Gasteiger partial charge in [0.25, 0.3) is 5.92 Å². The van der Waals surface area contributed by atoms with Crippen molar-refractivity contribution in [2.45, 2.75) is 24.8 Å². The van der Waals surface area contributed by atoms with Gasteiger partial charge in [0.1, 0.15) is 6.04 Å². The summed E-state index contributed by atoms with van der Waals surface area (Å²) in [6, 6.07) is 3.09. The Bertz CT molecular complexity index is 575. The summed E-state index contributed by atoms with van der Waals surface area (Å²) in [4.78, 5) is 23.8. The number of carboxylic acid groups (broad SMARTS) is 1. The maximum Gasteiger partial charge on any atom is 0.326 e. The van der Waals surface area contributed by atoms with E-state index in [2.05, 4.69) is 0 Å². The van der Waals surface area contributed by atoms with Crippen molar-refractivity contribution in [3.63, 3.8) is 0 Å². The van der Waals surface area contributed by atoms with Crippen LogP contribution in [0.4, 0.5) is 8.78 Å². The van der Waals surface area contributed by atoms with E-state index in [4.69, 9.17) is 28.3 Å². The standard InChI is InChI=1S/C13H11Cl2F2NO3/c14-8-2-1-3-9(15)7(8)4-11(19)18-6-13(16,17)5-10(18)12(20)21/h1-3,10H,4-6H2,(H,20,21)/t10-/m0/s1. The van der Waals surface area contributed by atoms with Crippen molar-refractivity contribution < 1.29 is 23.5 Å². The van der Waals surface area contributed by atoms with Gasteiger partial charge in [-0.3, -0.25) is 4.79 Å². The Labute approximate surface area is 129 Å². The fourth-order valence-corrected chi connectivity index (χ4v) is 2.78. The summed E-state index contributed by atoms with van der Waals surface area (Å²) in [6.45, 7) is -0.912. The summed E-state index contributed by atoms with van der Waals surface area (Å²) < 4.78 is 26.7. The van der Waals surface area contributed by atoms with Crippen LogP contribution in [0.1, 0.15) is 12.0 Å². The molecule has 0 radical (unpaired) electrons. The number of aliphatic carboxylic acids is 1. The molecule has 1 saturated heterocycles. The Balaban J connectivity index is 2.22. The van der Waals surface area contributed by atoms with Gasteiger partial charge in [0, 0.05) is 16.5 Å². The number of hydrogen-bond donors (Lipinski definition) is 1. The summed E-state index contributed by atoms with van der Waals surface area (Å²) >= 11 is 11.8. The highest BCUT2D eigenvalue weighted by molar-refractivity contribution is 6.36. The molecule has 1 heterocycles. The molecule has 1 aromatic rings. The summed E-state index contributed by atoms with van der Waals surface area (Å²) in [5, 5.41) is 9.42. The number of hydrogen-bond acceptors (Lipinski definition) is 2. The number of carbonyl (C=O) groups is 2. The van der Waals surface area contributed by atoms with Crippen LogP contribution < -0.4 is 0 Å². The molecule has 1 fully saturated rings. The van der Waals surface area contributed by atoms with Crippen LogP contribution >= 0.6 is 23.2 Å². The highest BCUT2D eigenvalue weighted by atomic mass is 35.5. The number of alkyl halides is 2. The third-order valence-electron chi connectivity index (χ3n) is 3.26. The Kier molecular flexibility index (Phi) is 4.39. The predicted octanol–water partition coefficient (Wildman–Crippen LogP) is 2.86. The Morgan fingerprint density at radius 1 is 1.33 bits per heavy atom. The number of rotatable bonds is 3. The van der Waals surface area contributed by atoms with Crippen LogP contribution in [0.2, 0.25) is 10.0 Å². The number of amides is 1. The lowest BCUT2D eigenvalue weighted by Gasteiger charge is -2.21. The highest BCUT2D eigenvalue weighted by Crippen LogP contribution is 2.33. The SMILES string of the molecule is O=C(O)[C@@H]1CC(F)(F)CN1C(=O)Cc1c(Cl)cccc1Cl. The van der Waals surface area contributed by atoms with Gasteiger partial charge in [-0.25, -0.2) is 13.6 Å². The predicted molar refractivity (Wildman–Crippen MR) is 72.9 cm³/mol. The molecule has 1 aliphatic heterocycles. The Hall–Kier alpha value is -1.40. The van der Waals surface area contributed by atoms with Crippen molar-refractivity contribution in [2.75, 3.05) is 6.54 Å².